The number of carboxylic acids is 1. The van der Waals surface area contributed by atoms with Crippen LogP contribution in [0.5, 0.6) is 0 Å². The van der Waals surface area contributed by atoms with Gasteiger partial charge in [-0.2, -0.15) is 0 Å². The summed E-state index contributed by atoms with van der Waals surface area (Å²) >= 11 is 1.26. The number of piperidine rings is 1. The zero-order chi connectivity index (χ0) is 13.8. The average Bonchev–Trinajstić information content (AvgIpc) is 2.83. The Hall–Kier alpha value is -1.63. The van der Waals surface area contributed by atoms with Crippen LogP contribution in [0.3, 0.4) is 0 Å². The summed E-state index contributed by atoms with van der Waals surface area (Å²) in [6.07, 6.45) is 2.62. The minimum absolute atomic E-state index is 0.0790. The van der Waals surface area contributed by atoms with E-state index >= 15 is 0 Å². The largest absolute Gasteiger partial charge is 0.481 e. The van der Waals surface area contributed by atoms with Crippen LogP contribution in [-0.2, 0) is 4.79 Å². The second-order valence-corrected chi connectivity index (χ2v) is 5.63. The van der Waals surface area contributed by atoms with Crippen molar-refractivity contribution in [3.8, 4) is 0 Å². The van der Waals surface area contributed by atoms with Gasteiger partial charge in [0.25, 0.3) is 5.91 Å². The Morgan fingerprint density at radius 1 is 1.47 bits per heavy atom. The van der Waals surface area contributed by atoms with Crippen molar-refractivity contribution in [3.63, 3.8) is 0 Å². The number of aromatic nitrogens is 1. The fourth-order valence-corrected chi connectivity index (χ4v) is 2.84. The molecule has 6 nitrogen and oxygen atoms in total. The minimum atomic E-state index is -0.753. The minimum Gasteiger partial charge on any atom is -0.481 e. The predicted molar refractivity (Wildman–Crippen MR) is 72.0 cm³/mol. The molecule has 1 aliphatic rings. The number of anilines is 1. The number of carbonyl (C=O) groups excluding carboxylic acids is 1. The van der Waals surface area contributed by atoms with Crippen LogP contribution < -0.4 is 5.73 Å². The van der Waals surface area contributed by atoms with Crippen molar-refractivity contribution in [2.75, 3.05) is 18.8 Å². The molecule has 0 saturated carbocycles. The fraction of sp³-hybridized carbons (Fsp3) is 0.583. The normalized spacial score (nSPS) is 16.5. The molecule has 19 heavy (non-hydrogen) atoms. The van der Waals surface area contributed by atoms with E-state index in [1.807, 2.05) is 0 Å². The highest BCUT2D eigenvalue weighted by Gasteiger charge is 2.25. The van der Waals surface area contributed by atoms with E-state index in [0.717, 1.165) is 12.8 Å². The molecule has 1 amide bonds. The van der Waals surface area contributed by atoms with Gasteiger partial charge in [-0.3, -0.25) is 9.59 Å². The maximum Gasteiger partial charge on any atom is 0.303 e. The van der Waals surface area contributed by atoms with Crippen molar-refractivity contribution in [3.05, 3.63) is 11.1 Å². The van der Waals surface area contributed by atoms with Gasteiger partial charge in [0.05, 0.1) is 0 Å². The van der Waals surface area contributed by atoms with Crippen molar-refractivity contribution in [1.29, 1.82) is 0 Å². The van der Waals surface area contributed by atoms with Crippen LogP contribution in [0.2, 0.25) is 0 Å². The molecule has 0 spiro atoms. The highest BCUT2D eigenvalue weighted by atomic mass is 32.1. The Labute approximate surface area is 115 Å². The Kier molecular flexibility index (Phi) is 4.36. The number of aliphatic carboxylic acids is 1. The van der Waals surface area contributed by atoms with Crippen LogP contribution in [0.25, 0.3) is 0 Å². The van der Waals surface area contributed by atoms with Crippen LogP contribution >= 0.6 is 11.3 Å². The highest BCUT2D eigenvalue weighted by Crippen LogP contribution is 2.23. The summed E-state index contributed by atoms with van der Waals surface area (Å²) in [5.74, 6) is -0.429. The average molecular weight is 283 g/mol. The van der Waals surface area contributed by atoms with E-state index in [0.29, 0.717) is 36.3 Å². The summed E-state index contributed by atoms with van der Waals surface area (Å²) in [4.78, 5) is 28.4. The number of likely N-dealkylation sites (tertiary alicyclic amines) is 1. The number of nitrogens with zero attached hydrogens (tertiary/aromatic N) is 2. The van der Waals surface area contributed by atoms with Crippen LogP contribution in [0, 0.1) is 5.92 Å². The van der Waals surface area contributed by atoms with E-state index in [-0.39, 0.29) is 12.3 Å². The summed E-state index contributed by atoms with van der Waals surface area (Å²) in [5, 5.41) is 10.7. The first-order chi connectivity index (χ1) is 9.06. The summed E-state index contributed by atoms with van der Waals surface area (Å²) in [7, 11) is 0. The van der Waals surface area contributed by atoms with Gasteiger partial charge in [0, 0.05) is 24.9 Å². The lowest BCUT2D eigenvalue weighted by molar-refractivity contribution is -0.137. The smallest absolute Gasteiger partial charge is 0.303 e. The van der Waals surface area contributed by atoms with Gasteiger partial charge in [0.15, 0.2) is 5.13 Å². The van der Waals surface area contributed by atoms with E-state index in [1.165, 1.54) is 11.3 Å². The fourth-order valence-electron chi connectivity index (χ4n) is 2.30. The molecule has 0 unspecified atom stereocenters. The zero-order valence-electron chi connectivity index (χ0n) is 10.5. The van der Waals surface area contributed by atoms with E-state index in [1.54, 1.807) is 10.3 Å². The third kappa shape index (κ3) is 3.66. The summed E-state index contributed by atoms with van der Waals surface area (Å²) in [6, 6.07) is 0. The monoisotopic (exact) mass is 283 g/mol. The first kappa shape index (κ1) is 13.8. The SMILES string of the molecule is Nc1nc(C(=O)N2CCC(CCC(=O)O)CC2)cs1. The molecule has 1 aromatic rings. The van der Waals surface area contributed by atoms with Gasteiger partial charge in [-0.15, -0.1) is 11.3 Å². The quantitative estimate of drug-likeness (QED) is 0.871. The van der Waals surface area contributed by atoms with Crippen LogP contribution in [0.1, 0.15) is 36.2 Å². The molecule has 1 aromatic heterocycles. The van der Waals surface area contributed by atoms with Crippen molar-refractivity contribution < 1.29 is 14.7 Å². The van der Waals surface area contributed by atoms with E-state index in [9.17, 15) is 9.59 Å². The maximum absolute atomic E-state index is 12.1. The lowest BCUT2D eigenvalue weighted by Crippen LogP contribution is -2.38. The molecule has 3 N–H and O–H groups in total. The van der Waals surface area contributed by atoms with Crippen molar-refractivity contribution in [1.82, 2.24) is 9.88 Å². The molecule has 0 atom stereocenters. The van der Waals surface area contributed by atoms with Crippen molar-refractivity contribution >= 4 is 28.3 Å². The molecule has 0 radical (unpaired) electrons. The highest BCUT2D eigenvalue weighted by molar-refractivity contribution is 7.13. The van der Waals surface area contributed by atoms with E-state index in [2.05, 4.69) is 4.98 Å². The summed E-state index contributed by atoms with van der Waals surface area (Å²) < 4.78 is 0. The number of nitrogens with two attached hydrogens (primary N) is 1. The van der Waals surface area contributed by atoms with Crippen molar-refractivity contribution in [2.45, 2.75) is 25.7 Å². The second-order valence-electron chi connectivity index (χ2n) is 4.74. The first-order valence-corrected chi connectivity index (χ1v) is 7.16. The number of carboxylic acid groups (broad SMARTS) is 1. The lowest BCUT2D eigenvalue weighted by atomic mass is 9.92. The van der Waals surface area contributed by atoms with E-state index in [4.69, 9.17) is 10.8 Å². The van der Waals surface area contributed by atoms with Gasteiger partial charge in [0.1, 0.15) is 5.69 Å². The van der Waals surface area contributed by atoms with Gasteiger partial charge in [0.2, 0.25) is 0 Å². The van der Waals surface area contributed by atoms with Crippen LogP contribution in [0.4, 0.5) is 5.13 Å². The number of hydrogen-bond acceptors (Lipinski definition) is 5. The molecule has 1 aliphatic heterocycles. The summed E-state index contributed by atoms with van der Waals surface area (Å²) in [5.41, 5.74) is 5.93. The molecule has 1 saturated heterocycles. The Morgan fingerprint density at radius 3 is 2.68 bits per heavy atom. The molecule has 0 bridgehead atoms. The Bertz CT molecular complexity index is 467. The topological polar surface area (TPSA) is 96.5 Å². The lowest BCUT2D eigenvalue weighted by Gasteiger charge is -2.31. The number of amides is 1. The Balaban J connectivity index is 1.83. The van der Waals surface area contributed by atoms with Crippen molar-refractivity contribution in [2.24, 2.45) is 5.92 Å². The maximum atomic E-state index is 12.1. The molecule has 7 heteroatoms. The van der Waals surface area contributed by atoms with Crippen LogP contribution in [0.15, 0.2) is 5.38 Å². The zero-order valence-corrected chi connectivity index (χ0v) is 11.4. The number of rotatable bonds is 4. The number of carbonyl (C=O) groups is 2. The molecular formula is C12H17N3O3S. The molecular weight excluding hydrogens is 266 g/mol. The first-order valence-electron chi connectivity index (χ1n) is 6.28. The van der Waals surface area contributed by atoms with Gasteiger partial charge in [-0.05, 0) is 25.2 Å². The number of thiazole rings is 1. The number of nitrogen functional groups attached to an aromatic ring is 1. The molecule has 2 heterocycles. The van der Waals surface area contributed by atoms with Crippen LogP contribution in [-0.4, -0.2) is 40.0 Å². The second kappa shape index (κ2) is 6.01. The third-order valence-electron chi connectivity index (χ3n) is 3.41. The molecule has 1 fully saturated rings. The van der Waals surface area contributed by atoms with Gasteiger partial charge in [-0.1, -0.05) is 0 Å². The standard InChI is InChI=1S/C12H17N3O3S/c13-12-14-9(7-19-12)11(18)15-5-3-8(4-6-15)1-2-10(16)17/h7-8H,1-6H2,(H2,13,14)(H,16,17). The molecule has 2 rings (SSSR count). The number of hydrogen-bond donors (Lipinski definition) is 2. The molecule has 0 aliphatic carbocycles. The molecule has 0 aromatic carbocycles. The Morgan fingerprint density at radius 2 is 2.16 bits per heavy atom. The summed E-state index contributed by atoms with van der Waals surface area (Å²) in [6.45, 7) is 1.33. The third-order valence-corrected chi connectivity index (χ3v) is 4.08. The molecule has 104 valence electrons. The van der Waals surface area contributed by atoms with Gasteiger partial charge >= 0.3 is 5.97 Å². The van der Waals surface area contributed by atoms with Gasteiger partial charge in [-0.25, -0.2) is 4.98 Å². The predicted octanol–water partition coefficient (Wildman–Crippen LogP) is 1.44. The van der Waals surface area contributed by atoms with E-state index < -0.39 is 5.97 Å². The van der Waals surface area contributed by atoms with Gasteiger partial charge < -0.3 is 15.7 Å².